The number of rotatable bonds is 3. The van der Waals surface area contributed by atoms with E-state index in [2.05, 4.69) is 15.9 Å². The van der Waals surface area contributed by atoms with Crippen LogP contribution in [-0.4, -0.2) is 11.1 Å². The minimum atomic E-state index is -0.891. The topological polar surface area (TPSA) is 37.3 Å². The number of aliphatic carboxylic acids is 1. The lowest BCUT2D eigenvalue weighted by atomic mass is 9.88. The van der Waals surface area contributed by atoms with E-state index in [9.17, 15) is 9.18 Å². The van der Waals surface area contributed by atoms with E-state index in [1.54, 1.807) is 0 Å². The number of halogens is 2. The number of carboxylic acids is 1. The highest BCUT2D eigenvalue weighted by atomic mass is 79.9. The normalized spacial score (nSPS) is 12.9. The first kappa shape index (κ1) is 12.2. The van der Waals surface area contributed by atoms with Gasteiger partial charge in [-0.25, -0.2) is 4.39 Å². The van der Waals surface area contributed by atoms with E-state index in [4.69, 9.17) is 5.11 Å². The molecule has 0 saturated carbocycles. The van der Waals surface area contributed by atoms with Crippen molar-refractivity contribution in [3.05, 3.63) is 34.1 Å². The van der Waals surface area contributed by atoms with Crippen LogP contribution in [-0.2, 0) is 4.79 Å². The van der Waals surface area contributed by atoms with E-state index in [-0.39, 0.29) is 11.7 Å². The molecule has 0 bridgehead atoms. The summed E-state index contributed by atoms with van der Waals surface area (Å²) >= 11 is 3.18. The van der Waals surface area contributed by atoms with E-state index in [1.807, 2.05) is 13.8 Å². The molecule has 1 rings (SSSR count). The van der Waals surface area contributed by atoms with Crippen LogP contribution < -0.4 is 0 Å². The summed E-state index contributed by atoms with van der Waals surface area (Å²) in [6.07, 6.45) is 0. The Morgan fingerprint density at radius 1 is 1.47 bits per heavy atom. The summed E-state index contributed by atoms with van der Waals surface area (Å²) in [5.41, 5.74) is 0.610. The lowest BCUT2D eigenvalue weighted by molar-refractivity contribution is -0.139. The van der Waals surface area contributed by atoms with Gasteiger partial charge in [0.15, 0.2) is 0 Å². The van der Waals surface area contributed by atoms with Crippen LogP contribution in [0.15, 0.2) is 22.7 Å². The van der Waals surface area contributed by atoms with Gasteiger partial charge in [-0.3, -0.25) is 4.79 Å². The molecule has 0 aliphatic heterocycles. The summed E-state index contributed by atoms with van der Waals surface area (Å²) in [6.45, 7) is 3.66. The van der Waals surface area contributed by atoms with Crippen molar-refractivity contribution in [3.63, 3.8) is 0 Å². The summed E-state index contributed by atoms with van der Waals surface area (Å²) in [5.74, 6) is -1.92. The lowest BCUT2D eigenvalue weighted by Gasteiger charge is -2.17. The SMILES string of the molecule is CC(C)C(C(=O)O)c1ccc(F)cc1Br. The summed E-state index contributed by atoms with van der Waals surface area (Å²) in [5, 5.41) is 9.08. The van der Waals surface area contributed by atoms with Gasteiger partial charge < -0.3 is 5.11 Å². The van der Waals surface area contributed by atoms with Gasteiger partial charge in [0.05, 0.1) is 5.92 Å². The fourth-order valence-electron chi connectivity index (χ4n) is 1.53. The van der Waals surface area contributed by atoms with Gasteiger partial charge in [0.2, 0.25) is 0 Å². The molecule has 0 saturated heterocycles. The fourth-order valence-corrected chi connectivity index (χ4v) is 2.13. The highest BCUT2D eigenvalue weighted by molar-refractivity contribution is 9.10. The zero-order chi connectivity index (χ0) is 11.6. The zero-order valence-corrected chi connectivity index (χ0v) is 10.1. The maximum atomic E-state index is 12.8. The predicted octanol–water partition coefficient (Wildman–Crippen LogP) is 3.41. The van der Waals surface area contributed by atoms with Crippen LogP contribution >= 0.6 is 15.9 Å². The van der Waals surface area contributed by atoms with Crippen molar-refractivity contribution >= 4 is 21.9 Å². The van der Waals surface area contributed by atoms with Crippen LogP contribution in [0.2, 0.25) is 0 Å². The Morgan fingerprint density at radius 3 is 2.47 bits per heavy atom. The molecule has 1 aromatic carbocycles. The van der Waals surface area contributed by atoms with Crippen molar-refractivity contribution < 1.29 is 14.3 Å². The quantitative estimate of drug-likeness (QED) is 0.917. The predicted molar refractivity (Wildman–Crippen MR) is 59.3 cm³/mol. The zero-order valence-electron chi connectivity index (χ0n) is 8.50. The van der Waals surface area contributed by atoms with Crippen LogP contribution in [0, 0.1) is 11.7 Å². The molecular weight excluding hydrogens is 263 g/mol. The van der Waals surface area contributed by atoms with Gasteiger partial charge in [0.1, 0.15) is 5.82 Å². The molecule has 4 heteroatoms. The van der Waals surface area contributed by atoms with Crippen LogP contribution in [0.4, 0.5) is 4.39 Å². The van der Waals surface area contributed by atoms with Gasteiger partial charge in [0, 0.05) is 4.47 Å². The Kier molecular flexibility index (Phi) is 3.85. The number of hydrogen-bond acceptors (Lipinski definition) is 1. The Bertz CT molecular complexity index is 377. The molecule has 1 unspecified atom stereocenters. The molecule has 0 fully saturated rings. The maximum absolute atomic E-state index is 12.8. The first-order chi connectivity index (χ1) is 6.93. The largest absolute Gasteiger partial charge is 0.481 e. The molecule has 1 N–H and O–H groups in total. The fraction of sp³-hybridized carbons (Fsp3) is 0.364. The Balaban J connectivity index is 3.17. The van der Waals surface area contributed by atoms with Crippen LogP contribution in [0.1, 0.15) is 25.3 Å². The Morgan fingerprint density at radius 2 is 2.07 bits per heavy atom. The summed E-state index contributed by atoms with van der Waals surface area (Å²) in [4.78, 5) is 11.1. The number of hydrogen-bond donors (Lipinski definition) is 1. The van der Waals surface area contributed by atoms with E-state index in [0.29, 0.717) is 10.0 Å². The van der Waals surface area contributed by atoms with Crippen molar-refractivity contribution in [1.29, 1.82) is 0 Å². The highest BCUT2D eigenvalue weighted by Crippen LogP contribution is 2.31. The summed E-state index contributed by atoms with van der Waals surface area (Å²) in [7, 11) is 0. The van der Waals surface area contributed by atoms with Crippen molar-refractivity contribution in [2.45, 2.75) is 19.8 Å². The molecule has 0 aliphatic carbocycles. The molecule has 2 nitrogen and oxygen atoms in total. The second kappa shape index (κ2) is 4.75. The summed E-state index contributed by atoms with van der Waals surface area (Å²) < 4.78 is 13.3. The first-order valence-electron chi connectivity index (χ1n) is 4.61. The van der Waals surface area contributed by atoms with E-state index >= 15 is 0 Å². The Hall–Kier alpha value is -0.900. The Labute approximate surface area is 96.2 Å². The third-order valence-electron chi connectivity index (χ3n) is 2.23. The van der Waals surface area contributed by atoms with Gasteiger partial charge in [-0.15, -0.1) is 0 Å². The van der Waals surface area contributed by atoms with Crippen molar-refractivity contribution in [2.24, 2.45) is 5.92 Å². The van der Waals surface area contributed by atoms with Gasteiger partial charge in [-0.05, 0) is 23.6 Å². The van der Waals surface area contributed by atoms with E-state index in [0.717, 1.165) is 0 Å². The molecule has 1 atom stereocenters. The van der Waals surface area contributed by atoms with Crippen molar-refractivity contribution in [2.75, 3.05) is 0 Å². The molecule has 0 aliphatic rings. The van der Waals surface area contributed by atoms with Crippen LogP contribution in [0.3, 0.4) is 0 Å². The van der Waals surface area contributed by atoms with Gasteiger partial charge in [-0.1, -0.05) is 35.8 Å². The average Bonchev–Trinajstić information content (AvgIpc) is 2.08. The van der Waals surface area contributed by atoms with Gasteiger partial charge in [0.25, 0.3) is 0 Å². The van der Waals surface area contributed by atoms with Gasteiger partial charge in [-0.2, -0.15) is 0 Å². The third-order valence-corrected chi connectivity index (χ3v) is 2.92. The van der Waals surface area contributed by atoms with E-state index < -0.39 is 11.9 Å². The molecule has 0 radical (unpaired) electrons. The standard InChI is InChI=1S/C11H12BrFO2/c1-6(2)10(11(14)15)8-4-3-7(13)5-9(8)12/h3-6,10H,1-2H3,(H,14,15). The third kappa shape index (κ3) is 2.78. The summed E-state index contributed by atoms with van der Waals surface area (Å²) in [6, 6.07) is 4.07. The number of carboxylic acid groups (broad SMARTS) is 1. The van der Waals surface area contributed by atoms with Crippen molar-refractivity contribution in [3.8, 4) is 0 Å². The highest BCUT2D eigenvalue weighted by Gasteiger charge is 2.25. The molecule has 0 spiro atoms. The van der Waals surface area contributed by atoms with Gasteiger partial charge >= 0.3 is 5.97 Å². The molecule has 82 valence electrons. The molecule has 15 heavy (non-hydrogen) atoms. The molecular formula is C11H12BrFO2. The second-order valence-corrected chi connectivity index (χ2v) is 4.58. The molecule has 0 heterocycles. The maximum Gasteiger partial charge on any atom is 0.311 e. The molecule has 1 aromatic rings. The number of benzene rings is 1. The monoisotopic (exact) mass is 274 g/mol. The molecule has 0 amide bonds. The number of carbonyl (C=O) groups is 1. The molecule has 0 aromatic heterocycles. The lowest BCUT2D eigenvalue weighted by Crippen LogP contribution is -2.18. The second-order valence-electron chi connectivity index (χ2n) is 3.73. The van der Waals surface area contributed by atoms with E-state index in [1.165, 1.54) is 18.2 Å². The minimum absolute atomic E-state index is 0.0377. The van der Waals surface area contributed by atoms with Crippen LogP contribution in [0.5, 0.6) is 0 Å². The van der Waals surface area contributed by atoms with Crippen LogP contribution in [0.25, 0.3) is 0 Å². The minimum Gasteiger partial charge on any atom is -0.481 e. The average molecular weight is 275 g/mol. The first-order valence-corrected chi connectivity index (χ1v) is 5.40. The smallest absolute Gasteiger partial charge is 0.311 e. The van der Waals surface area contributed by atoms with Crippen molar-refractivity contribution in [1.82, 2.24) is 0 Å².